The zero-order chi connectivity index (χ0) is 14.7. The Labute approximate surface area is 134 Å². The number of hydrogen-bond donors (Lipinski definition) is 2. The van der Waals surface area contributed by atoms with Crippen LogP contribution in [-0.2, 0) is 4.79 Å². The van der Waals surface area contributed by atoms with Crippen LogP contribution in [0.2, 0.25) is 0 Å². The van der Waals surface area contributed by atoms with Gasteiger partial charge in [0.1, 0.15) is 0 Å². The minimum absolute atomic E-state index is 0.708. The summed E-state index contributed by atoms with van der Waals surface area (Å²) in [4.78, 5) is 11.5. The van der Waals surface area contributed by atoms with Crippen molar-refractivity contribution in [2.45, 2.75) is 13.0 Å². The molecule has 2 aromatic rings. The van der Waals surface area contributed by atoms with Crippen molar-refractivity contribution < 1.29 is 9.90 Å². The number of carbonyl (C=O) groups is 1. The Morgan fingerprint density at radius 1 is 1.15 bits per heavy atom. The fourth-order valence-electron chi connectivity index (χ4n) is 1.92. The van der Waals surface area contributed by atoms with E-state index in [0.717, 1.165) is 20.2 Å². The number of anilines is 1. The number of carboxylic acid groups (broad SMARTS) is 1. The second kappa shape index (κ2) is 6.41. The molecule has 1 atom stereocenters. The van der Waals surface area contributed by atoms with Crippen LogP contribution < -0.4 is 5.32 Å². The topological polar surface area (TPSA) is 49.3 Å². The summed E-state index contributed by atoms with van der Waals surface area (Å²) in [6, 6.07) is 12.2. The molecule has 104 valence electrons. The summed E-state index contributed by atoms with van der Waals surface area (Å²) in [7, 11) is 0. The first-order chi connectivity index (χ1) is 9.49. The summed E-state index contributed by atoms with van der Waals surface area (Å²) >= 11 is 6.93. The molecular weight excluding hydrogens is 386 g/mol. The monoisotopic (exact) mass is 397 g/mol. The van der Waals surface area contributed by atoms with Crippen LogP contribution in [0, 0.1) is 6.92 Å². The van der Waals surface area contributed by atoms with Crippen molar-refractivity contribution in [3.8, 4) is 0 Å². The van der Waals surface area contributed by atoms with Gasteiger partial charge in [0, 0.05) is 8.95 Å². The number of benzene rings is 2. The van der Waals surface area contributed by atoms with E-state index in [1.807, 2.05) is 37.3 Å². The van der Waals surface area contributed by atoms with Crippen LogP contribution in [0.5, 0.6) is 0 Å². The molecule has 0 aromatic heterocycles. The maximum absolute atomic E-state index is 11.5. The average Bonchev–Trinajstić information content (AvgIpc) is 2.38. The van der Waals surface area contributed by atoms with Gasteiger partial charge in [0.2, 0.25) is 0 Å². The molecule has 0 bridgehead atoms. The van der Waals surface area contributed by atoms with E-state index in [-0.39, 0.29) is 0 Å². The van der Waals surface area contributed by atoms with Gasteiger partial charge in [-0.05, 0) is 62.0 Å². The molecule has 0 aliphatic rings. The molecule has 2 aromatic carbocycles. The summed E-state index contributed by atoms with van der Waals surface area (Å²) < 4.78 is 1.65. The highest BCUT2D eigenvalue weighted by Crippen LogP contribution is 2.34. The summed E-state index contributed by atoms with van der Waals surface area (Å²) in [5.74, 6) is -0.921. The molecule has 0 aliphatic heterocycles. The largest absolute Gasteiger partial charge is 0.479 e. The molecule has 1 unspecified atom stereocenters. The van der Waals surface area contributed by atoms with Gasteiger partial charge in [-0.1, -0.05) is 30.3 Å². The molecule has 0 saturated carbocycles. The Hall–Kier alpha value is -1.33. The summed E-state index contributed by atoms with van der Waals surface area (Å²) in [5, 5.41) is 12.5. The molecule has 0 aliphatic carbocycles. The summed E-state index contributed by atoms with van der Waals surface area (Å²) in [6.07, 6.45) is 0. The SMILES string of the molecule is Cc1cc(Br)c(NC(C(=O)O)c2ccccc2)c(Br)c1. The lowest BCUT2D eigenvalue weighted by Gasteiger charge is -2.19. The second-order valence-corrected chi connectivity index (χ2v) is 6.14. The predicted molar refractivity (Wildman–Crippen MR) is 87.0 cm³/mol. The summed E-state index contributed by atoms with van der Waals surface area (Å²) in [5.41, 5.74) is 2.52. The Bertz CT molecular complexity index is 606. The molecular formula is C15H13Br2NO2. The maximum Gasteiger partial charge on any atom is 0.330 e. The fourth-order valence-corrected chi connectivity index (χ4v) is 3.56. The normalized spacial score (nSPS) is 11.9. The van der Waals surface area contributed by atoms with Crippen LogP contribution in [-0.4, -0.2) is 11.1 Å². The third kappa shape index (κ3) is 3.41. The van der Waals surface area contributed by atoms with Crippen molar-refractivity contribution in [2.24, 2.45) is 0 Å². The van der Waals surface area contributed by atoms with Crippen molar-refractivity contribution >= 4 is 43.5 Å². The first-order valence-corrected chi connectivity index (χ1v) is 7.57. The van der Waals surface area contributed by atoms with E-state index < -0.39 is 12.0 Å². The highest BCUT2D eigenvalue weighted by atomic mass is 79.9. The number of aryl methyl sites for hydroxylation is 1. The van der Waals surface area contributed by atoms with Gasteiger partial charge in [0.25, 0.3) is 0 Å². The molecule has 0 saturated heterocycles. The van der Waals surface area contributed by atoms with Crippen LogP contribution in [0.3, 0.4) is 0 Å². The van der Waals surface area contributed by atoms with Crippen molar-refractivity contribution in [3.63, 3.8) is 0 Å². The molecule has 2 rings (SSSR count). The summed E-state index contributed by atoms with van der Waals surface area (Å²) in [6.45, 7) is 1.98. The zero-order valence-electron chi connectivity index (χ0n) is 10.7. The van der Waals surface area contributed by atoms with E-state index in [2.05, 4.69) is 37.2 Å². The van der Waals surface area contributed by atoms with Crippen LogP contribution in [0.15, 0.2) is 51.4 Å². The van der Waals surface area contributed by atoms with E-state index in [1.165, 1.54) is 0 Å². The molecule has 0 heterocycles. The van der Waals surface area contributed by atoms with Crippen molar-refractivity contribution in [1.82, 2.24) is 0 Å². The predicted octanol–water partition coefficient (Wildman–Crippen LogP) is 4.76. The van der Waals surface area contributed by atoms with Gasteiger partial charge in [-0.25, -0.2) is 4.79 Å². The highest BCUT2D eigenvalue weighted by Gasteiger charge is 2.21. The molecule has 0 spiro atoms. The molecule has 2 N–H and O–H groups in total. The molecule has 3 nitrogen and oxygen atoms in total. The standard InChI is InChI=1S/C15H13Br2NO2/c1-9-7-11(16)14(12(17)8-9)18-13(15(19)20)10-5-3-2-4-6-10/h2-8,13,18H,1H3,(H,19,20). The van der Waals surface area contributed by atoms with Gasteiger partial charge in [0.05, 0.1) is 5.69 Å². The average molecular weight is 399 g/mol. The Morgan fingerprint density at radius 3 is 2.20 bits per heavy atom. The Morgan fingerprint density at radius 2 is 1.70 bits per heavy atom. The van der Waals surface area contributed by atoms with Crippen molar-refractivity contribution in [2.75, 3.05) is 5.32 Å². The number of carboxylic acids is 1. The van der Waals surface area contributed by atoms with Gasteiger partial charge < -0.3 is 10.4 Å². The van der Waals surface area contributed by atoms with Crippen LogP contribution in [0.25, 0.3) is 0 Å². The third-order valence-corrected chi connectivity index (χ3v) is 4.11. The van der Waals surface area contributed by atoms with E-state index in [9.17, 15) is 9.90 Å². The number of rotatable bonds is 4. The number of nitrogens with one attached hydrogen (secondary N) is 1. The third-order valence-electron chi connectivity index (χ3n) is 2.85. The Kier molecular flexibility index (Phi) is 4.83. The quantitative estimate of drug-likeness (QED) is 0.780. The van der Waals surface area contributed by atoms with Gasteiger partial charge in [0.15, 0.2) is 6.04 Å². The lowest BCUT2D eigenvalue weighted by molar-refractivity contribution is -0.138. The lowest BCUT2D eigenvalue weighted by atomic mass is 10.1. The van der Waals surface area contributed by atoms with E-state index >= 15 is 0 Å². The van der Waals surface area contributed by atoms with Crippen LogP contribution >= 0.6 is 31.9 Å². The molecule has 20 heavy (non-hydrogen) atoms. The fraction of sp³-hybridized carbons (Fsp3) is 0.133. The molecule has 5 heteroatoms. The zero-order valence-corrected chi connectivity index (χ0v) is 13.9. The highest BCUT2D eigenvalue weighted by molar-refractivity contribution is 9.11. The van der Waals surface area contributed by atoms with Gasteiger partial charge in [-0.2, -0.15) is 0 Å². The first-order valence-electron chi connectivity index (χ1n) is 5.99. The lowest BCUT2D eigenvalue weighted by Crippen LogP contribution is -2.20. The van der Waals surface area contributed by atoms with Crippen molar-refractivity contribution in [3.05, 3.63) is 62.5 Å². The minimum Gasteiger partial charge on any atom is -0.479 e. The minimum atomic E-state index is -0.921. The van der Waals surface area contributed by atoms with E-state index in [1.54, 1.807) is 12.1 Å². The molecule has 0 fully saturated rings. The smallest absolute Gasteiger partial charge is 0.330 e. The first kappa shape index (κ1) is 15.1. The maximum atomic E-state index is 11.5. The van der Waals surface area contributed by atoms with Gasteiger partial charge in [-0.3, -0.25) is 0 Å². The molecule has 0 amide bonds. The number of halogens is 2. The Balaban J connectivity index is 2.38. The second-order valence-electron chi connectivity index (χ2n) is 4.43. The van der Waals surface area contributed by atoms with Gasteiger partial charge in [-0.15, -0.1) is 0 Å². The van der Waals surface area contributed by atoms with Crippen LogP contribution in [0.1, 0.15) is 17.2 Å². The number of aliphatic carboxylic acids is 1. The van der Waals surface area contributed by atoms with Crippen molar-refractivity contribution in [1.29, 1.82) is 0 Å². The van der Waals surface area contributed by atoms with Gasteiger partial charge >= 0.3 is 5.97 Å². The van der Waals surface area contributed by atoms with Crippen LogP contribution in [0.4, 0.5) is 5.69 Å². The number of hydrogen-bond acceptors (Lipinski definition) is 2. The van der Waals surface area contributed by atoms with E-state index in [4.69, 9.17) is 0 Å². The van der Waals surface area contributed by atoms with E-state index in [0.29, 0.717) is 5.56 Å². The molecule has 0 radical (unpaired) electrons.